The molecule has 6 heteroatoms. The minimum absolute atomic E-state index is 0.0504. The van der Waals surface area contributed by atoms with Crippen LogP contribution in [0, 0.1) is 6.92 Å². The summed E-state index contributed by atoms with van der Waals surface area (Å²) in [6.07, 6.45) is 1.71. The van der Waals surface area contributed by atoms with Gasteiger partial charge in [0, 0.05) is 18.5 Å². The number of hydrogen-bond donors (Lipinski definition) is 1. The molecule has 0 fully saturated rings. The first-order chi connectivity index (χ1) is 10.0. The number of benzene rings is 1. The fourth-order valence-electron chi connectivity index (χ4n) is 2.18. The van der Waals surface area contributed by atoms with Gasteiger partial charge in [-0.2, -0.15) is 0 Å². The van der Waals surface area contributed by atoms with E-state index >= 15 is 0 Å². The van der Waals surface area contributed by atoms with Gasteiger partial charge in [-0.05, 0) is 31.2 Å². The molecule has 1 aromatic carbocycles. The maximum Gasteiger partial charge on any atom is 0.254 e. The average molecular weight is 283 g/mol. The molecule has 0 aliphatic rings. The number of aromatic amines is 1. The summed E-state index contributed by atoms with van der Waals surface area (Å²) in [7, 11) is 0. The van der Waals surface area contributed by atoms with E-state index in [2.05, 4.69) is 9.97 Å². The van der Waals surface area contributed by atoms with Crippen LogP contribution in [0.15, 0.2) is 41.3 Å². The highest BCUT2D eigenvalue weighted by atomic mass is 16.5. The number of nitrogens with zero attached hydrogens (tertiary/aromatic N) is 2. The van der Waals surface area contributed by atoms with E-state index in [0.717, 1.165) is 10.9 Å². The Bertz CT molecular complexity index is 893. The second-order valence-electron chi connectivity index (χ2n) is 4.70. The second-order valence-corrected chi connectivity index (χ2v) is 4.70. The highest BCUT2D eigenvalue weighted by Gasteiger charge is 2.07. The smallest absolute Gasteiger partial charge is 0.254 e. The Balaban J connectivity index is 1.98. The first-order valence-electron chi connectivity index (χ1n) is 6.41. The maximum absolute atomic E-state index is 11.5. The van der Waals surface area contributed by atoms with Crippen LogP contribution in [0.3, 0.4) is 0 Å². The van der Waals surface area contributed by atoms with Crippen molar-refractivity contribution in [2.45, 2.75) is 13.8 Å². The zero-order chi connectivity index (χ0) is 15.0. The first kappa shape index (κ1) is 13.1. The number of carbonyl (C=O) groups excluding carboxylic acids is 1. The number of hydrogen-bond acceptors (Lipinski definition) is 4. The highest BCUT2D eigenvalue weighted by molar-refractivity contribution is 5.92. The summed E-state index contributed by atoms with van der Waals surface area (Å²) in [4.78, 5) is 29.5. The van der Waals surface area contributed by atoms with Crippen LogP contribution >= 0.6 is 0 Å². The minimum atomic E-state index is -0.263. The lowest BCUT2D eigenvalue weighted by Crippen LogP contribution is -2.08. The van der Waals surface area contributed by atoms with E-state index in [1.807, 2.05) is 6.07 Å². The molecule has 21 heavy (non-hydrogen) atoms. The Kier molecular flexibility index (Phi) is 3.06. The number of carbonyl (C=O) groups is 1. The fraction of sp³-hybridized carbons (Fsp3) is 0.133. The summed E-state index contributed by atoms with van der Waals surface area (Å²) in [5, 5.41) is 0.879. The molecule has 0 saturated heterocycles. The summed E-state index contributed by atoms with van der Waals surface area (Å²) < 4.78 is 7.16. The van der Waals surface area contributed by atoms with Gasteiger partial charge in [-0.1, -0.05) is 0 Å². The molecule has 3 aromatic rings. The lowest BCUT2D eigenvalue weighted by molar-refractivity contribution is 0.0941. The largest absolute Gasteiger partial charge is 0.439 e. The van der Waals surface area contributed by atoms with Crippen LogP contribution in [-0.4, -0.2) is 20.4 Å². The standard InChI is InChI=1S/C15H13N3O3/c1-9-16-14(20)8-15(17-9)21-12-3-4-13-11(7-12)5-6-18(13)10(2)19/h3-8H,1-2H3,(H,16,17,20). The van der Waals surface area contributed by atoms with Gasteiger partial charge >= 0.3 is 0 Å². The summed E-state index contributed by atoms with van der Waals surface area (Å²) in [5.41, 5.74) is 0.547. The molecule has 0 atom stereocenters. The van der Waals surface area contributed by atoms with Crippen LogP contribution in [0.1, 0.15) is 17.5 Å². The van der Waals surface area contributed by atoms with Gasteiger partial charge in [0.15, 0.2) is 0 Å². The van der Waals surface area contributed by atoms with Gasteiger partial charge in [-0.3, -0.25) is 14.2 Å². The molecule has 6 nitrogen and oxygen atoms in total. The van der Waals surface area contributed by atoms with Gasteiger partial charge in [0.1, 0.15) is 11.6 Å². The van der Waals surface area contributed by atoms with Gasteiger partial charge < -0.3 is 9.72 Å². The summed E-state index contributed by atoms with van der Waals surface area (Å²) in [6, 6.07) is 8.46. The molecular formula is C15H13N3O3. The van der Waals surface area contributed by atoms with Crippen LogP contribution < -0.4 is 10.3 Å². The van der Waals surface area contributed by atoms with Gasteiger partial charge in [-0.15, -0.1) is 0 Å². The van der Waals surface area contributed by atoms with E-state index in [-0.39, 0.29) is 17.3 Å². The van der Waals surface area contributed by atoms with Crippen LogP contribution in [0.4, 0.5) is 0 Å². The van der Waals surface area contributed by atoms with Gasteiger partial charge in [0.25, 0.3) is 5.56 Å². The Morgan fingerprint density at radius 3 is 2.81 bits per heavy atom. The third-order valence-corrected chi connectivity index (χ3v) is 3.06. The zero-order valence-corrected chi connectivity index (χ0v) is 11.6. The predicted molar refractivity (Wildman–Crippen MR) is 77.9 cm³/mol. The fourth-order valence-corrected chi connectivity index (χ4v) is 2.18. The van der Waals surface area contributed by atoms with Crippen LogP contribution in [0.25, 0.3) is 10.9 Å². The first-order valence-corrected chi connectivity index (χ1v) is 6.41. The Hall–Kier alpha value is -2.89. The van der Waals surface area contributed by atoms with E-state index in [4.69, 9.17) is 4.74 Å². The van der Waals surface area contributed by atoms with E-state index in [1.54, 1.807) is 35.9 Å². The normalized spacial score (nSPS) is 10.8. The van der Waals surface area contributed by atoms with E-state index in [0.29, 0.717) is 11.6 Å². The van der Waals surface area contributed by atoms with Crippen molar-refractivity contribution in [3.63, 3.8) is 0 Å². The number of H-pyrrole nitrogens is 1. The van der Waals surface area contributed by atoms with Gasteiger partial charge in [-0.25, -0.2) is 4.98 Å². The van der Waals surface area contributed by atoms with Crippen molar-refractivity contribution in [2.75, 3.05) is 0 Å². The molecule has 0 bridgehead atoms. The van der Waals surface area contributed by atoms with E-state index < -0.39 is 0 Å². The predicted octanol–water partition coefficient (Wildman–Crippen LogP) is 2.49. The number of ether oxygens (including phenoxy) is 1. The lowest BCUT2D eigenvalue weighted by Gasteiger charge is -2.06. The number of aromatic nitrogens is 3. The third kappa shape index (κ3) is 2.55. The van der Waals surface area contributed by atoms with Gasteiger partial charge in [0.2, 0.25) is 11.8 Å². The van der Waals surface area contributed by atoms with Crippen LogP contribution in [-0.2, 0) is 0 Å². The SMILES string of the molecule is CC(=O)n1ccc2cc(Oc3cc(=O)[nH]c(C)n3)ccc21. The monoisotopic (exact) mass is 283 g/mol. The molecule has 0 radical (unpaired) electrons. The Labute approximate surface area is 120 Å². The zero-order valence-electron chi connectivity index (χ0n) is 11.6. The molecule has 0 aliphatic heterocycles. The molecule has 0 unspecified atom stereocenters. The molecule has 0 spiro atoms. The average Bonchev–Trinajstić information content (AvgIpc) is 2.80. The summed E-state index contributed by atoms with van der Waals surface area (Å²) >= 11 is 0. The lowest BCUT2D eigenvalue weighted by atomic mass is 10.2. The van der Waals surface area contributed by atoms with Crippen molar-refractivity contribution < 1.29 is 9.53 Å². The molecule has 0 saturated carbocycles. The van der Waals surface area contributed by atoms with Crippen LogP contribution in [0.2, 0.25) is 0 Å². The topological polar surface area (TPSA) is 77.0 Å². The Morgan fingerprint density at radius 2 is 2.10 bits per heavy atom. The number of rotatable bonds is 2. The molecule has 3 rings (SSSR count). The molecule has 2 aromatic heterocycles. The molecule has 1 N–H and O–H groups in total. The molecule has 0 amide bonds. The highest BCUT2D eigenvalue weighted by Crippen LogP contribution is 2.25. The van der Waals surface area contributed by atoms with Crippen LogP contribution in [0.5, 0.6) is 11.6 Å². The van der Waals surface area contributed by atoms with Crippen molar-refractivity contribution in [1.82, 2.24) is 14.5 Å². The van der Waals surface area contributed by atoms with E-state index in [9.17, 15) is 9.59 Å². The number of aryl methyl sites for hydroxylation is 1. The number of nitrogens with one attached hydrogen (secondary N) is 1. The van der Waals surface area contributed by atoms with Crippen molar-refractivity contribution in [3.05, 3.63) is 52.7 Å². The minimum Gasteiger partial charge on any atom is -0.439 e. The second kappa shape index (κ2) is 4.90. The van der Waals surface area contributed by atoms with Gasteiger partial charge in [0.05, 0.1) is 11.6 Å². The summed E-state index contributed by atoms with van der Waals surface area (Å²) in [6.45, 7) is 3.19. The van der Waals surface area contributed by atoms with Crippen molar-refractivity contribution >= 4 is 16.8 Å². The van der Waals surface area contributed by atoms with Crippen molar-refractivity contribution in [1.29, 1.82) is 0 Å². The molecule has 106 valence electrons. The van der Waals surface area contributed by atoms with Crippen molar-refractivity contribution in [3.8, 4) is 11.6 Å². The van der Waals surface area contributed by atoms with E-state index in [1.165, 1.54) is 13.0 Å². The quantitative estimate of drug-likeness (QED) is 0.783. The summed E-state index contributed by atoms with van der Waals surface area (Å²) in [5.74, 6) is 1.23. The Morgan fingerprint density at radius 1 is 1.29 bits per heavy atom. The maximum atomic E-state index is 11.5. The van der Waals surface area contributed by atoms with Crippen molar-refractivity contribution in [2.24, 2.45) is 0 Å². The third-order valence-electron chi connectivity index (χ3n) is 3.06. The molecule has 2 heterocycles. The molecular weight excluding hydrogens is 270 g/mol. The molecule has 0 aliphatic carbocycles. The number of fused-ring (bicyclic) bond motifs is 1.